The highest BCUT2D eigenvalue weighted by Crippen LogP contribution is 2.21. The van der Waals surface area contributed by atoms with Crippen LogP contribution in [0.3, 0.4) is 0 Å². The molecule has 0 bridgehead atoms. The molecule has 3 amide bonds. The summed E-state index contributed by atoms with van der Waals surface area (Å²) in [6.07, 6.45) is 1.73. The van der Waals surface area contributed by atoms with Crippen LogP contribution in [0.25, 0.3) is 11.1 Å². The summed E-state index contributed by atoms with van der Waals surface area (Å²) in [5.41, 5.74) is 2.05. The lowest BCUT2D eigenvalue weighted by atomic mass is 10.2. The third-order valence-electron chi connectivity index (χ3n) is 3.01. The summed E-state index contributed by atoms with van der Waals surface area (Å²) in [5.74, 6) is 0. The second-order valence-corrected chi connectivity index (χ2v) is 4.85. The molecular formula is C15H10ClN3O3. The van der Waals surface area contributed by atoms with Gasteiger partial charge in [-0.15, -0.1) is 0 Å². The number of benzene rings is 2. The van der Waals surface area contributed by atoms with Crippen molar-refractivity contribution in [3.8, 4) is 0 Å². The van der Waals surface area contributed by atoms with Crippen molar-refractivity contribution in [1.82, 2.24) is 4.98 Å². The normalized spacial score (nSPS) is 10.4. The number of oxazole rings is 1. The molecule has 0 spiro atoms. The number of anilines is 2. The first-order chi connectivity index (χ1) is 10.7. The average Bonchev–Trinajstić information content (AvgIpc) is 2.98. The smallest absolute Gasteiger partial charge is 0.332 e. The zero-order chi connectivity index (χ0) is 15.5. The first-order valence-corrected chi connectivity index (χ1v) is 6.69. The number of hydrogen-bond donors (Lipinski definition) is 1. The summed E-state index contributed by atoms with van der Waals surface area (Å²) in [6.45, 7) is 0. The molecule has 3 aromatic rings. The van der Waals surface area contributed by atoms with Crippen molar-refractivity contribution in [3.05, 3.63) is 53.9 Å². The molecule has 1 N–H and O–H groups in total. The summed E-state index contributed by atoms with van der Waals surface area (Å²) in [7, 11) is 0. The fourth-order valence-corrected chi connectivity index (χ4v) is 2.06. The molecule has 0 aliphatic carbocycles. The Hall–Kier alpha value is -2.86. The van der Waals surface area contributed by atoms with Gasteiger partial charge in [0.05, 0.1) is 5.69 Å². The molecule has 3 rings (SSSR count). The number of carbonyl (C=O) groups is 2. The van der Waals surface area contributed by atoms with Crippen LogP contribution in [-0.2, 0) is 4.79 Å². The number of imide groups is 1. The molecule has 22 heavy (non-hydrogen) atoms. The molecule has 0 saturated heterocycles. The highest BCUT2D eigenvalue weighted by Gasteiger charge is 2.16. The van der Waals surface area contributed by atoms with Gasteiger partial charge in [0.25, 0.3) is 0 Å². The van der Waals surface area contributed by atoms with Crippen LogP contribution in [0.4, 0.5) is 16.2 Å². The number of rotatable bonds is 3. The van der Waals surface area contributed by atoms with Gasteiger partial charge in [-0.3, -0.25) is 4.79 Å². The Morgan fingerprint density at radius 3 is 2.73 bits per heavy atom. The van der Waals surface area contributed by atoms with Gasteiger partial charge in [0.1, 0.15) is 5.52 Å². The van der Waals surface area contributed by atoms with E-state index >= 15 is 0 Å². The number of halogens is 1. The summed E-state index contributed by atoms with van der Waals surface area (Å²) in [4.78, 5) is 28.4. The Labute approximate surface area is 130 Å². The van der Waals surface area contributed by atoms with Gasteiger partial charge in [0.2, 0.25) is 6.41 Å². The Kier molecular flexibility index (Phi) is 3.76. The Balaban J connectivity index is 1.84. The number of nitrogens with zero attached hydrogens (tertiary/aromatic N) is 2. The summed E-state index contributed by atoms with van der Waals surface area (Å²) < 4.78 is 5.16. The van der Waals surface area contributed by atoms with Crippen LogP contribution in [0.15, 0.2) is 53.3 Å². The van der Waals surface area contributed by atoms with Crippen molar-refractivity contribution >= 4 is 46.5 Å². The maximum atomic E-state index is 12.2. The summed E-state index contributed by atoms with van der Waals surface area (Å²) in [5, 5.41) is 3.17. The van der Waals surface area contributed by atoms with Gasteiger partial charge >= 0.3 is 6.03 Å². The number of amides is 3. The Morgan fingerprint density at radius 1 is 1.23 bits per heavy atom. The molecule has 7 heteroatoms. The van der Waals surface area contributed by atoms with Crippen molar-refractivity contribution in [2.24, 2.45) is 0 Å². The van der Waals surface area contributed by atoms with E-state index < -0.39 is 6.03 Å². The maximum Gasteiger partial charge on any atom is 0.332 e. The van der Waals surface area contributed by atoms with E-state index in [0.29, 0.717) is 33.9 Å². The summed E-state index contributed by atoms with van der Waals surface area (Å²) in [6, 6.07) is 10.8. The van der Waals surface area contributed by atoms with Crippen molar-refractivity contribution in [2.75, 3.05) is 10.2 Å². The molecule has 0 unspecified atom stereocenters. The first kappa shape index (κ1) is 14.1. The van der Waals surface area contributed by atoms with Crippen LogP contribution >= 0.6 is 11.6 Å². The molecule has 6 nitrogen and oxygen atoms in total. The largest absolute Gasteiger partial charge is 0.443 e. The molecule has 1 aromatic heterocycles. The third kappa shape index (κ3) is 2.77. The zero-order valence-electron chi connectivity index (χ0n) is 11.2. The number of carbonyl (C=O) groups excluding carboxylic acids is 2. The quantitative estimate of drug-likeness (QED) is 0.748. The van der Waals surface area contributed by atoms with Gasteiger partial charge in [-0.2, -0.15) is 0 Å². The average molecular weight is 316 g/mol. The van der Waals surface area contributed by atoms with Crippen LogP contribution in [0.5, 0.6) is 0 Å². The van der Waals surface area contributed by atoms with Crippen LogP contribution in [0.1, 0.15) is 0 Å². The predicted octanol–water partition coefficient (Wildman–Crippen LogP) is 3.68. The molecular weight excluding hydrogens is 306 g/mol. The fraction of sp³-hybridized carbons (Fsp3) is 0. The molecule has 1 heterocycles. The molecule has 0 aliphatic rings. The number of nitrogens with one attached hydrogen (secondary N) is 1. The van der Waals surface area contributed by atoms with Gasteiger partial charge in [0, 0.05) is 16.8 Å². The summed E-state index contributed by atoms with van der Waals surface area (Å²) >= 11 is 5.78. The first-order valence-electron chi connectivity index (χ1n) is 6.32. The topological polar surface area (TPSA) is 75.4 Å². The van der Waals surface area contributed by atoms with E-state index in [-0.39, 0.29) is 0 Å². The van der Waals surface area contributed by atoms with E-state index in [1.165, 1.54) is 6.39 Å². The van der Waals surface area contributed by atoms with Crippen LogP contribution in [0.2, 0.25) is 5.02 Å². The SMILES string of the molecule is O=CN(C(=O)Nc1ccc(Cl)cc1)c1ccc2ncoc2c1. The molecule has 2 aromatic carbocycles. The molecule has 0 atom stereocenters. The van der Waals surface area contributed by atoms with Crippen molar-refractivity contribution in [3.63, 3.8) is 0 Å². The Bertz CT molecular complexity index is 829. The van der Waals surface area contributed by atoms with Crippen LogP contribution < -0.4 is 10.2 Å². The minimum atomic E-state index is -0.587. The van der Waals surface area contributed by atoms with Gasteiger partial charge in [-0.25, -0.2) is 14.7 Å². The minimum Gasteiger partial charge on any atom is -0.443 e. The lowest BCUT2D eigenvalue weighted by molar-refractivity contribution is -0.106. The van der Waals surface area contributed by atoms with Gasteiger partial charge < -0.3 is 9.73 Å². The number of fused-ring (bicyclic) bond motifs is 1. The monoisotopic (exact) mass is 315 g/mol. The number of hydrogen-bond acceptors (Lipinski definition) is 4. The van der Waals surface area contributed by atoms with E-state index in [1.54, 1.807) is 42.5 Å². The van der Waals surface area contributed by atoms with Crippen molar-refractivity contribution < 1.29 is 14.0 Å². The van der Waals surface area contributed by atoms with Crippen molar-refractivity contribution in [1.29, 1.82) is 0 Å². The molecule has 0 aliphatic heterocycles. The molecule has 0 radical (unpaired) electrons. The van der Waals surface area contributed by atoms with Crippen molar-refractivity contribution in [2.45, 2.75) is 0 Å². The van der Waals surface area contributed by atoms with E-state index in [1.807, 2.05) is 0 Å². The fourth-order valence-electron chi connectivity index (χ4n) is 1.94. The van der Waals surface area contributed by atoms with E-state index in [4.69, 9.17) is 16.0 Å². The molecule has 110 valence electrons. The van der Waals surface area contributed by atoms with Crippen LogP contribution in [-0.4, -0.2) is 17.4 Å². The lowest BCUT2D eigenvalue weighted by Crippen LogP contribution is -2.33. The van der Waals surface area contributed by atoms with Crippen LogP contribution in [0, 0.1) is 0 Å². The maximum absolute atomic E-state index is 12.2. The van der Waals surface area contributed by atoms with Gasteiger partial charge in [0.15, 0.2) is 12.0 Å². The van der Waals surface area contributed by atoms with Gasteiger partial charge in [-0.05, 0) is 36.4 Å². The minimum absolute atomic E-state index is 0.380. The third-order valence-corrected chi connectivity index (χ3v) is 3.26. The lowest BCUT2D eigenvalue weighted by Gasteiger charge is -2.16. The highest BCUT2D eigenvalue weighted by atomic mass is 35.5. The van der Waals surface area contributed by atoms with E-state index in [2.05, 4.69) is 10.3 Å². The van der Waals surface area contributed by atoms with Gasteiger partial charge in [-0.1, -0.05) is 11.6 Å². The second kappa shape index (κ2) is 5.87. The second-order valence-electron chi connectivity index (χ2n) is 4.42. The predicted molar refractivity (Wildman–Crippen MR) is 83.0 cm³/mol. The standard InChI is InChI=1S/C15H10ClN3O3/c16-10-1-3-11(4-2-10)18-15(21)19(9-20)12-5-6-13-14(7-12)22-8-17-13/h1-9H,(H,18,21). The molecule has 0 saturated carbocycles. The zero-order valence-corrected chi connectivity index (χ0v) is 11.9. The highest BCUT2D eigenvalue weighted by molar-refractivity contribution is 6.30. The molecule has 0 fully saturated rings. The van der Waals surface area contributed by atoms with E-state index in [0.717, 1.165) is 4.90 Å². The number of aromatic nitrogens is 1. The van der Waals surface area contributed by atoms with E-state index in [9.17, 15) is 9.59 Å². The Morgan fingerprint density at radius 2 is 2.00 bits per heavy atom. The number of urea groups is 1.